The number of ether oxygens (including phenoxy) is 3. The van der Waals surface area contributed by atoms with Crippen molar-refractivity contribution in [2.24, 2.45) is 4.99 Å². The van der Waals surface area contributed by atoms with Crippen LogP contribution in [0.4, 0.5) is 14.5 Å². The molecule has 0 aliphatic carbocycles. The Morgan fingerprint density at radius 2 is 1.87 bits per heavy atom. The number of aliphatic hydroxyl groups excluding tert-OH is 1. The van der Waals surface area contributed by atoms with Gasteiger partial charge in [-0.2, -0.15) is 5.26 Å². The largest absolute Gasteiger partial charge is 0.490 e. The Labute approximate surface area is 257 Å². The van der Waals surface area contributed by atoms with E-state index >= 15 is 8.78 Å². The van der Waals surface area contributed by atoms with E-state index in [0.717, 1.165) is 17.7 Å². The number of aliphatic imine (C=N–C) groups is 1. The second-order valence-corrected chi connectivity index (χ2v) is 10.9. The van der Waals surface area contributed by atoms with Crippen molar-refractivity contribution in [3.8, 4) is 34.4 Å². The molecule has 5 aromatic rings. The fourth-order valence-electron chi connectivity index (χ4n) is 5.19. The second-order valence-electron chi connectivity index (χ2n) is 10.9. The van der Waals surface area contributed by atoms with Crippen LogP contribution in [0.5, 0.6) is 17.2 Å². The fraction of sp³-hybridized carbons (Fsp3) is 0.206. The Bertz CT molecular complexity index is 1910. The van der Waals surface area contributed by atoms with Gasteiger partial charge in [-0.1, -0.05) is 36.4 Å². The van der Waals surface area contributed by atoms with Crippen LogP contribution in [-0.2, 0) is 10.2 Å². The van der Waals surface area contributed by atoms with Gasteiger partial charge in [0.25, 0.3) is 6.02 Å². The molecule has 6 rings (SSSR count). The van der Waals surface area contributed by atoms with Gasteiger partial charge in [0, 0.05) is 35.8 Å². The van der Waals surface area contributed by atoms with Crippen LogP contribution in [0.15, 0.2) is 84.1 Å². The van der Waals surface area contributed by atoms with E-state index in [4.69, 9.17) is 14.2 Å². The smallest absolute Gasteiger partial charge is 0.289 e. The van der Waals surface area contributed by atoms with Crippen LogP contribution in [0.1, 0.15) is 25.0 Å². The van der Waals surface area contributed by atoms with Crippen LogP contribution >= 0.6 is 0 Å². The highest BCUT2D eigenvalue weighted by Crippen LogP contribution is 2.39. The van der Waals surface area contributed by atoms with E-state index in [2.05, 4.69) is 26.3 Å². The number of nitrogens with one attached hydrogen (secondary N) is 2. The molecule has 1 aliphatic rings. The molecule has 0 spiro atoms. The highest BCUT2D eigenvalue weighted by Gasteiger charge is 2.36. The van der Waals surface area contributed by atoms with Gasteiger partial charge in [0.2, 0.25) is 0 Å². The number of aromatic nitrogens is 2. The van der Waals surface area contributed by atoms with Crippen LogP contribution in [0.2, 0.25) is 0 Å². The fourth-order valence-corrected chi connectivity index (χ4v) is 5.19. The van der Waals surface area contributed by atoms with Crippen molar-refractivity contribution in [1.82, 2.24) is 9.97 Å². The Morgan fingerprint density at radius 3 is 2.53 bits per heavy atom. The molecule has 0 fully saturated rings. The van der Waals surface area contributed by atoms with Crippen molar-refractivity contribution >= 4 is 22.7 Å². The Balaban J connectivity index is 1.25. The number of rotatable bonds is 8. The monoisotopic (exact) mass is 609 g/mol. The number of aliphatic hydroxyl groups is 1. The molecule has 0 saturated heterocycles. The first-order valence-electron chi connectivity index (χ1n) is 14.2. The number of anilines is 1. The molecule has 228 valence electrons. The summed E-state index contributed by atoms with van der Waals surface area (Å²) in [5, 5.41) is 23.1. The van der Waals surface area contributed by atoms with Crippen LogP contribution in [-0.4, -0.2) is 47.0 Å². The third-order valence-corrected chi connectivity index (χ3v) is 7.47. The minimum Gasteiger partial charge on any atom is -0.490 e. The van der Waals surface area contributed by atoms with Crippen molar-refractivity contribution in [2.75, 3.05) is 25.1 Å². The van der Waals surface area contributed by atoms with Gasteiger partial charge in [0.1, 0.15) is 29.8 Å². The van der Waals surface area contributed by atoms with Crippen molar-refractivity contribution in [1.29, 1.82) is 5.26 Å². The van der Waals surface area contributed by atoms with Gasteiger partial charge in [-0.25, -0.2) is 18.8 Å². The molecule has 1 unspecified atom stereocenters. The maximum absolute atomic E-state index is 15.4. The van der Waals surface area contributed by atoms with E-state index < -0.39 is 22.8 Å². The molecule has 9 nitrogen and oxygen atoms in total. The molecule has 0 bridgehead atoms. The predicted octanol–water partition coefficient (Wildman–Crippen LogP) is 6.69. The van der Waals surface area contributed by atoms with E-state index in [0.29, 0.717) is 33.5 Å². The molecule has 1 aliphatic heterocycles. The first-order valence-corrected chi connectivity index (χ1v) is 14.2. The summed E-state index contributed by atoms with van der Waals surface area (Å²) >= 11 is 0. The quantitative estimate of drug-likeness (QED) is 0.179. The minimum absolute atomic E-state index is 0.0715. The van der Waals surface area contributed by atoms with Gasteiger partial charge < -0.3 is 29.6 Å². The van der Waals surface area contributed by atoms with Crippen molar-refractivity contribution in [3.63, 3.8) is 0 Å². The number of H-pyrrole nitrogens is 1. The van der Waals surface area contributed by atoms with Crippen LogP contribution < -0.4 is 14.8 Å². The molecule has 0 saturated carbocycles. The van der Waals surface area contributed by atoms with Crippen LogP contribution in [0, 0.1) is 23.0 Å². The number of pyridine rings is 1. The Hall–Kier alpha value is -5.47. The molecular weight excluding hydrogens is 580 g/mol. The average molecular weight is 610 g/mol. The molecule has 1 atom stereocenters. The van der Waals surface area contributed by atoms with Crippen molar-refractivity contribution in [3.05, 3.63) is 102 Å². The number of aromatic amines is 1. The van der Waals surface area contributed by atoms with Gasteiger partial charge in [-0.3, -0.25) is 0 Å². The SMILES string of the molecule is CC(C)Oc1ccc(-c2c[nH]c3nccc(Oc4c(F)cc(NC5=NCC(CO)(c6ccccc6)CO5)cc4F)c23)cc1C#N. The summed E-state index contributed by atoms with van der Waals surface area (Å²) in [5.74, 6) is -1.89. The molecule has 3 N–H and O–H groups in total. The van der Waals surface area contributed by atoms with E-state index in [1.165, 1.54) is 12.3 Å². The number of nitrogens with zero attached hydrogens (tertiary/aromatic N) is 3. The van der Waals surface area contributed by atoms with Crippen LogP contribution in [0.3, 0.4) is 0 Å². The molecule has 2 aromatic heterocycles. The lowest BCUT2D eigenvalue weighted by molar-refractivity contribution is 0.115. The molecule has 0 radical (unpaired) electrons. The number of halogens is 2. The number of benzene rings is 3. The molecule has 11 heteroatoms. The standard InChI is InChI=1S/C34H29F2N5O4/c1-20(2)44-28-9-8-21(12-22(28)15-37)25-16-39-32-30(25)29(10-11-38-32)45-31-26(35)13-24(14-27(31)36)41-33-40-17-34(18-42,19-43-33)23-6-4-3-5-7-23/h3-14,16,20,42H,17-19H2,1-2H3,(H,38,39)(H,40,41). The zero-order valence-corrected chi connectivity index (χ0v) is 24.5. The molecule has 0 amide bonds. The maximum atomic E-state index is 15.4. The van der Waals surface area contributed by atoms with E-state index in [9.17, 15) is 10.4 Å². The maximum Gasteiger partial charge on any atom is 0.289 e. The summed E-state index contributed by atoms with van der Waals surface area (Å²) < 4.78 is 48.0. The number of hydrogen-bond acceptors (Lipinski definition) is 8. The van der Waals surface area contributed by atoms with Gasteiger partial charge in [0.05, 0.1) is 35.6 Å². The van der Waals surface area contributed by atoms with Crippen molar-refractivity contribution in [2.45, 2.75) is 25.4 Å². The van der Waals surface area contributed by atoms with Gasteiger partial charge in [0.15, 0.2) is 17.4 Å². The second kappa shape index (κ2) is 12.3. The number of amidine groups is 1. The van der Waals surface area contributed by atoms with Gasteiger partial charge >= 0.3 is 0 Å². The number of hydrogen-bond donors (Lipinski definition) is 3. The topological polar surface area (TPSA) is 125 Å². The lowest BCUT2D eigenvalue weighted by Gasteiger charge is -2.34. The lowest BCUT2D eigenvalue weighted by atomic mass is 9.81. The summed E-state index contributed by atoms with van der Waals surface area (Å²) in [4.78, 5) is 11.8. The summed E-state index contributed by atoms with van der Waals surface area (Å²) in [5.41, 5.74) is 2.31. The molecule has 3 heterocycles. The summed E-state index contributed by atoms with van der Waals surface area (Å²) in [6.45, 7) is 3.92. The highest BCUT2D eigenvalue weighted by atomic mass is 19.1. The average Bonchev–Trinajstić information content (AvgIpc) is 3.49. The molecular formula is C34H29F2N5O4. The third kappa shape index (κ3) is 5.88. The van der Waals surface area contributed by atoms with Gasteiger partial charge in [-0.15, -0.1) is 0 Å². The first-order chi connectivity index (χ1) is 21.8. The Morgan fingerprint density at radius 1 is 1.09 bits per heavy atom. The summed E-state index contributed by atoms with van der Waals surface area (Å²) in [6, 6.07) is 20.5. The number of fused-ring (bicyclic) bond motifs is 1. The summed E-state index contributed by atoms with van der Waals surface area (Å²) in [7, 11) is 0. The van der Waals surface area contributed by atoms with E-state index in [-0.39, 0.29) is 43.3 Å². The zero-order chi connectivity index (χ0) is 31.6. The third-order valence-electron chi connectivity index (χ3n) is 7.47. The minimum atomic E-state index is -0.952. The van der Waals surface area contributed by atoms with E-state index in [1.807, 2.05) is 44.2 Å². The van der Waals surface area contributed by atoms with Crippen LogP contribution in [0.25, 0.3) is 22.2 Å². The first kappa shape index (κ1) is 29.6. The normalized spacial score (nSPS) is 16.2. The summed E-state index contributed by atoms with van der Waals surface area (Å²) in [6.07, 6.45) is 3.04. The zero-order valence-electron chi connectivity index (χ0n) is 24.5. The number of nitriles is 1. The van der Waals surface area contributed by atoms with Crippen molar-refractivity contribution < 1.29 is 28.1 Å². The highest BCUT2D eigenvalue weighted by molar-refractivity contribution is 5.98. The Kier molecular flexibility index (Phi) is 8.06. The molecule has 45 heavy (non-hydrogen) atoms. The predicted molar refractivity (Wildman–Crippen MR) is 166 cm³/mol. The lowest BCUT2D eigenvalue weighted by Crippen LogP contribution is -2.44. The van der Waals surface area contributed by atoms with E-state index in [1.54, 1.807) is 24.4 Å². The molecule has 3 aromatic carbocycles. The van der Waals surface area contributed by atoms with Gasteiger partial charge in [-0.05, 0) is 43.2 Å².